The van der Waals surface area contributed by atoms with E-state index in [1.165, 1.54) is 0 Å². The average molecular weight is 239 g/mol. The maximum Gasteiger partial charge on any atom is 0.159 e. The van der Waals surface area contributed by atoms with Gasteiger partial charge in [0.15, 0.2) is 5.82 Å². The van der Waals surface area contributed by atoms with Gasteiger partial charge in [0.1, 0.15) is 0 Å². The number of rotatable bonds is 2. The molecule has 0 bridgehead atoms. The highest BCUT2D eigenvalue weighted by atomic mass is 16.3. The fraction of sp³-hybridized carbons (Fsp3) is 0.143. The number of hydrogen-bond acceptors (Lipinski definition) is 3. The lowest BCUT2D eigenvalue weighted by molar-refractivity contribution is 0.281. The summed E-state index contributed by atoms with van der Waals surface area (Å²) in [6.07, 6.45) is 1.85. The van der Waals surface area contributed by atoms with Crippen molar-refractivity contribution in [2.45, 2.75) is 13.5 Å². The highest BCUT2D eigenvalue weighted by molar-refractivity contribution is 5.80. The standard InChI is InChI=1S/C14H13N3O/c1-10-6-7-17(16-10)14-12(9-18)8-11-4-2-3-5-13(11)15-14/h2-8,18H,9H2,1H3. The first-order valence-corrected chi connectivity index (χ1v) is 5.80. The quantitative estimate of drug-likeness (QED) is 0.746. The van der Waals surface area contributed by atoms with Crippen LogP contribution in [-0.2, 0) is 6.61 Å². The van der Waals surface area contributed by atoms with Gasteiger partial charge in [0.05, 0.1) is 17.8 Å². The fourth-order valence-corrected chi connectivity index (χ4v) is 2.00. The number of aryl methyl sites for hydroxylation is 1. The Morgan fingerprint density at radius 3 is 2.78 bits per heavy atom. The molecule has 90 valence electrons. The van der Waals surface area contributed by atoms with Gasteiger partial charge >= 0.3 is 0 Å². The number of aromatic nitrogens is 3. The largest absolute Gasteiger partial charge is 0.392 e. The van der Waals surface area contributed by atoms with Crippen molar-refractivity contribution in [3.63, 3.8) is 0 Å². The van der Waals surface area contributed by atoms with Crippen LogP contribution in [0.4, 0.5) is 0 Å². The van der Waals surface area contributed by atoms with E-state index in [9.17, 15) is 5.11 Å². The molecule has 0 aliphatic rings. The van der Waals surface area contributed by atoms with E-state index in [2.05, 4.69) is 10.1 Å². The first-order valence-electron chi connectivity index (χ1n) is 5.80. The molecular formula is C14H13N3O. The van der Waals surface area contributed by atoms with E-state index < -0.39 is 0 Å². The summed E-state index contributed by atoms with van der Waals surface area (Å²) in [7, 11) is 0. The second-order valence-corrected chi connectivity index (χ2v) is 4.22. The minimum atomic E-state index is -0.0495. The highest BCUT2D eigenvalue weighted by Crippen LogP contribution is 2.19. The Labute approximate surface area is 105 Å². The number of aliphatic hydroxyl groups is 1. The first-order chi connectivity index (χ1) is 8.78. The molecule has 18 heavy (non-hydrogen) atoms. The summed E-state index contributed by atoms with van der Waals surface area (Å²) in [6, 6.07) is 11.7. The summed E-state index contributed by atoms with van der Waals surface area (Å²) in [5.74, 6) is 0.685. The Morgan fingerprint density at radius 1 is 1.22 bits per heavy atom. The van der Waals surface area contributed by atoms with Gasteiger partial charge in [-0.15, -0.1) is 0 Å². The molecule has 3 aromatic rings. The van der Waals surface area contributed by atoms with E-state index >= 15 is 0 Å². The molecule has 0 atom stereocenters. The van der Waals surface area contributed by atoms with Crippen molar-refractivity contribution in [3.8, 4) is 5.82 Å². The van der Waals surface area contributed by atoms with E-state index in [4.69, 9.17) is 0 Å². The van der Waals surface area contributed by atoms with Crippen molar-refractivity contribution < 1.29 is 5.11 Å². The van der Waals surface area contributed by atoms with Gasteiger partial charge in [0.2, 0.25) is 0 Å². The molecular weight excluding hydrogens is 226 g/mol. The number of fused-ring (bicyclic) bond motifs is 1. The van der Waals surface area contributed by atoms with Gasteiger partial charge in [0.25, 0.3) is 0 Å². The van der Waals surface area contributed by atoms with Gasteiger partial charge < -0.3 is 5.11 Å². The summed E-state index contributed by atoms with van der Waals surface area (Å²) < 4.78 is 1.70. The van der Waals surface area contributed by atoms with E-state index in [0.717, 1.165) is 22.2 Å². The lowest BCUT2D eigenvalue weighted by Crippen LogP contribution is -2.04. The summed E-state index contributed by atoms with van der Waals surface area (Å²) >= 11 is 0. The van der Waals surface area contributed by atoms with Gasteiger partial charge in [-0.3, -0.25) is 0 Å². The van der Waals surface area contributed by atoms with Crippen LogP contribution in [0.25, 0.3) is 16.7 Å². The molecule has 0 unspecified atom stereocenters. The zero-order valence-electron chi connectivity index (χ0n) is 10.0. The maximum absolute atomic E-state index is 9.46. The molecule has 0 saturated heterocycles. The third kappa shape index (κ3) is 1.76. The predicted octanol–water partition coefficient (Wildman–Crippen LogP) is 2.22. The van der Waals surface area contributed by atoms with Crippen molar-refractivity contribution in [2.24, 2.45) is 0 Å². The molecule has 0 aliphatic carbocycles. The van der Waals surface area contributed by atoms with E-state index in [-0.39, 0.29) is 6.61 Å². The Morgan fingerprint density at radius 2 is 2.06 bits per heavy atom. The zero-order chi connectivity index (χ0) is 12.5. The van der Waals surface area contributed by atoms with Gasteiger partial charge in [-0.05, 0) is 25.1 Å². The van der Waals surface area contributed by atoms with Gasteiger partial charge in [-0.1, -0.05) is 18.2 Å². The summed E-state index contributed by atoms with van der Waals surface area (Å²) in [5.41, 5.74) is 2.60. The summed E-state index contributed by atoms with van der Waals surface area (Å²) in [6.45, 7) is 1.88. The van der Waals surface area contributed by atoms with Crippen LogP contribution in [-0.4, -0.2) is 19.9 Å². The van der Waals surface area contributed by atoms with Crippen LogP contribution in [0.3, 0.4) is 0 Å². The lowest BCUT2D eigenvalue weighted by atomic mass is 10.1. The summed E-state index contributed by atoms with van der Waals surface area (Å²) in [5, 5.41) is 14.8. The second kappa shape index (κ2) is 4.23. The summed E-state index contributed by atoms with van der Waals surface area (Å²) in [4.78, 5) is 4.57. The van der Waals surface area contributed by atoms with Crippen LogP contribution in [0.15, 0.2) is 42.6 Å². The molecule has 1 aromatic carbocycles. The van der Waals surface area contributed by atoms with Crippen molar-refractivity contribution in [3.05, 3.63) is 53.9 Å². The topological polar surface area (TPSA) is 50.9 Å². The third-order valence-corrected chi connectivity index (χ3v) is 2.89. The van der Waals surface area contributed by atoms with E-state index in [0.29, 0.717) is 5.82 Å². The normalized spacial score (nSPS) is 11.0. The number of nitrogens with zero attached hydrogens (tertiary/aromatic N) is 3. The van der Waals surface area contributed by atoms with Gasteiger partial charge in [0, 0.05) is 17.1 Å². The van der Waals surface area contributed by atoms with Crippen molar-refractivity contribution in [2.75, 3.05) is 0 Å². The fourth-order valence-electron chi connectivity index (χ4n) is 2.00. The van der Waals surface area contributed by atoms with Crippen molar-refractivity contribution in [1.82, 2.24) is 14.8 Å². The smallest absolute Gasteiger partial charge is 0.159 e. The highest BCUT2D eigenvalue weighted by Gasteiger charge is 2.08. The molecule has 0 saturated carbocycles. The number of para-hydroxylation sites is 1. The number of aliphatic hydroxyl groups excluding tert-OH is 1. The van der Waals surface area contributed by atoms with E-state index in [1.54, 1.807) is 4.68 Å². The molecule has 2 heterocycles. The van der Waals surface area contributed by atoms with Crippen LogP contribution in [0.1, 0.15) is 11.3 Å². The molecule has 0 spiro atoms. The van der Waals surface area contributed by atoms with Crippen LogP contribution in [0, 0.1) is 6.92 Å². The Bertz CT molecular complexity index is 703. The average Bonchev–Trinajstić information content (AvgIpc) is 2.83. The van der Waals surface area contributed by atoms with Gasteiger partial charge in [-0.2, -0.15) is 5.10 Å². The van der Waals surface area contributed by atoms with E-state index in [1.807, 2.05) is 49.5 Å². The number of benzene rings is 1. The number of hydrogen-bond donors (Lipinski definition) is 1. The molecule has 4 nitrogen and oxygen atoms in total. The van der Waals surface area contributed by atoms with Crippen LogP contribution in [0.2, 0.25) is 0 Å². The maximum atomic E-state index is 9.46. The molecule has 2 aromatic heterocycles. The molecule has 0 aliphatic heterocycles. The van der Waals surface area contributed by atoms with Crippen LogP contribution < -0.4 is 0 Å². The van der Waals surface area contributed by atoms with Crippen LogP contribution >= 0.6 is 0 Å². The predicted molar refractivity (Wildman–Crippen MR) is 69.5 cm³/mol. The monoisotopic (exact) mass is 239 g/mol. The zero-order valence-corrected chi connectivity index (χ0v) is 10.0. The molecule has 0 amide bonds. The molecule has 3 rings (SSSR count). The SMILES string of the molecule is Cc1ccn(-c2nc3ccccc3cc2CO)n1. The van der Waals surface area contributed by atoms with Crippen molar-refractivity contribution >= 4 is 10.9 Å². The number of pyridine rings is 1. The molecule has 0 fully saturated rings. The molecule has 0 radical (unpaired) electrons. The third-order valence-electron chi connectivity index (χ3n) is 2.89. The second-order valence-electron chi connectivity index (χ2n) is 4.22. The minimum Gasteiger partial charge on any atom is -0.392 e. The Kier molecular flexibility index (Phi) is 2.57. The molecule has 1 N–H and O–H groups in total. The first kappa shape index (κ1) is 10.9. The Hall–Kier alpha value is -2.20. The Balaban J connectivity index is 2.26. The minimum absolute atomic E-state index is 0.0495. The van der Waals surface area contributed by atoms with Gasteiger partial charge in [-0.25, -0.2) is 9.67 Å². The lowest BCUT2D eigenvalue weighted by Gasteiger charge is -2.08. The molecule has 4 heteroatoms. The van der Waals surface area contributed by atoms with Crippen LogP contribution in [0.5, 0.6) is 0 Å². The van der Waals surface area contributed by atoms with Crippen molar-refractivity contribution in [1.29, 1.82) is 0 Å².